The monoisotopic (exact) mass is 285 g/mol. The number of rotatable bonds is 4. The Kier molecular flexibility index (Phi) is 21.4. The Balaban J connectivity index is -0.0000000594. The van der Waals surface area contributed by atoms with Crippen LogP contribution in [0.5, 0.6) is 0 Å². The molecule has 0 fully saturated rings. The minimum Gasteiger partial charge on any atom is -0.550 e. The largest absolute Gasteiger partial charge is 1.00 e. The van der Waals surface area contributed by atoms with Gasteiger partial charge in [0.15, 0.2) is 0 Å². The van der Waals surface area contributed by atoms with Crippen LogP contribution in [0.2, 0.25) is 0 Å². The third kappa shape index (κ3) is 14.2. The molecule has 0 atom stereocenters. The molecule has 0 rings (SSSR count). The van der Waals surface area contributed by atoms with Crippen LogP contribution >= 0.6 is 0 Å². The van der Waals surface area contributed by atoms with Gasteiger partial charge in [0.2, 0.25) is 0 Å². The topological polar surface area (TPSA) is 80.3 Å². The molecule has 5 heteroatoms. The molecule has 4 nitrogen and oxygen atoms in total. The number of aliphatic carboxylic acids is 2. The number of hydrogen-bond acceptors (Lipinski definition) is 4. The first-order valence-electron chi connectivity index (χ1n) is 5.44. The summed E-state index contributed by atoms with van der Waals surface area (Å²) in [5, 5.41) is 20.3. The Morgan fingerprint density at radius 1 is 0.789 bits per heavy atom. The van der Waals surface area contributed by atoms with Crippen LogP contribution in [0.15, 0.2) is 0 Å². The average molecular weight is 285 g/mol. The van der Waals surface area contributed by atoms with Gasteiger partial charge in [-0.25, -0.2) is 0 Å². The summed E-state index contributed by atoms with van der Waals surface area (Å²) in [6.45, 7) is 10.3. The van der Waals surface area contributed by atoms with Gasteiger partial charge >= 0.3 is 29.6 Å². The van der Waals surface area contributed by atoms with E-state index in [9.17, 15) is 19.8 Å². The van der Waals surface area contributed by atoms with Gasteiger partial charge in [-0.2, -0.15) is 0 Å². The summed E-state index contributed by atoms with van der Waals surface area (Å²) in [7, 11) is 0. The van der Waals surface area contributed by atoms with Crippen molar-refractivity contribution in [2.75, 3.05) is 0 Å². The van der Waals surface area contributed by atoms with Crippen molar-refractivity contribution in [3.05, 3.63) is 0 Å². The van der Waals surface area contributed by atoms with Crippen LogP contribution in [0.25, 0.3) is 0 Å². The molecule has 0 aliphatic carbocycles. The molecule has 0 aliphatic heterocycles. The van der Waals surface area contributed by atoms with Crippen LogP contribution in [0.3, 0.4) is 0 Å². The third-order valence-corrected chi connectivity index (χ3v) is 2.87. The van der Waals surface area contributed by atoms with E-state index in [1.165, 1.54) is 0 Å². The number of carbonyl (C=O) groups excluding carboxylic acids is 2. The minimum absolute atomic E-state index is 0. The van der Waals surface area contributed by atoms with Crippen molar-refractivity contribution in [3.8, 4) is 0 Å². The van der Waals surface area contributed by atoms with Gasteiger partial charge in [-0.15, -0.1) is 0 Å². The normalized spacial score (nSPS) is 9.58. The van der Waals surface area contributed by atoms with Crippen molar-refractivity contribution in [1.82, 2.24) is 0 Å². The summed E-state index contributed by atoms with van der Waals surface area (Å²) < 4.78 is 0. The van der Waals surface area contributed by atoms with Crippen molar-refractivity contribution in [1.29, 1.82) is 0 Å². The Hall–Kier alpha value is -0.0600. The quantitative estimate of drug-likeness (QED) is 0.596. The second-order valence-corrected chi connectivity index (χ2v) is 5.05. The number of hydrogen-bond donors (Lipinski definition) is 0. The molecule has 0 aromatic carbocycles. The van der Waals surface area contributed by atoms with Gasteiger partial charge in [-0.1, -0.05) is 56.4 Å². The smallest absolute Gasteiger partial charge is 0.550 e. The summed E-state index contributed by atoms with van der Waals surface area (Å²) in [6, 6.07) is 0. The molecule has 0 aromatic heterocycles. The van der Waals surface area contributed by atoms with Crippen LogP contribution in [0.1, 0.15) is 69.2 Å². The zero-order valence-corrected chi connectivity index (χ0v) is 14.0. The van der Waals surface area contributed by atoms with E-state index in [2.05, 4.69) is 0 Å². The predicted octanol–water partition coefficient (Wildman–Crippen LogP) is -1.38. The molecular weight excluding hydrogens is 255 g/mol. The Labute approximate surface area is 141 Å². The SMILES string of the molecule is C.C.CCC(C)(C)C(=O)[O-].CCC(C)(C)C(=O)[O-].[Na+]. The van der Waals surface area contributed by atoms with Crippen molar-refractivity contribution >= 4 is 11.9 Å². The molecule has 19 heavy (non-hydrogen) atoms. The zero-order valence-electron chi connectivity index (χ0n) is 12.0. The average Bonchev–Trinajstić information content (AvgIpc) is 2.18. The van der Waals surface area contributed by atoms with Crippen molar-refractivity contribution in [3.63, 3.8) is 0 Å². The first-order valence-corrected chi connectivity index (χ1v) is 5.44. The predicted molar refractivity (Wildman–Crippen MR) is 71.6 cm³/mol. The Bertz CT molecular complexity index is 222. The molecule has 112 valence electrons. The molecule has 0 N–H and O–H groups in total. The van der Waals surface area contributed by atoms with Crippen LogP contribution < -0.4 is 39.8 Å². The number of carbonyl (C=O) groups is 2. The van der Waals surface area contributed by atoms with Crippen LogP contribution in [0, 0.1) is 10.8 Å². The molecule has 0 saturated carbocycles. The maximum Gasteiger partial charge on any atom is 1.00 e. The van der Waals surface area contributed by atoms with Crippen LogP contribution in [0.4, 0.5) is 0 Å². The van der Waals surface area contributed by atoms with E-state index in [1.54, 1.807) is 27.7 Å². The first-order chi connectivity index (χ1) is 7.01. The molecule has 0 saturated heterocycles. The molecule has 0 spiro atoms. The van der Waals surface area contributed by atoms with Gasteiger partial charge in [0.1, 0.15) is 0 Å². The first kappa shape index (κ1) is 31.4. The van der Waals surface area contributed by atoms with E-state index in [1.807, 2.05) is 13.8 Å². The Morgan fingerprint density at radius 2 is 0.947 bits per heavy atom. The summed E-state index contributed by atoms with van der Waals surface area (Å²) in [4.78, 5) is 20.3. The van der Waals surface area contributed by atoms with Gasteiger partial charge in [0.25, 0.3) is 0 Å². The van der Waals surface area contributed by atoms with E-state index >= 15 is 0 Å². The maximum absolute atomic E-state index is 10.1. The van der Waals surface area contributed by atoms with Crippen LogP contribution in [-0.4, -0.2) is 11.9 Å². The molecule has 0 unspecified atom stereocenters. The van der Waals surface area contributed by atoms with E-state index in [4.69, 9.17) is 0 Å². The standard InChI is InChI=1S/2C6H12O2.2CH4.Na/c2*1-4-6(2,3)5(7)8;;;/h2*4H2,1-3H3,(H,7,8);2*1H4;/q;;;;+1/p-2. The third-order valence-electron chi connectivity index (χ3n) is 2.87. The summed E-state index contributed by atoms with van der Waals surface area (Å²) in [5.41, 5.74) is -1.31. The van der Waals surface area contributed by atoms with Crippen molar-refractivity contribution in [2.45, 2.75) is 69.2 Å². The number of carboxylic acid groups (broad SMARTS) is 2. The molecule has 0 radical (unpaired) electrons. The van der Waals surface area contributed by atoms with E-state index in [-0.39, 0.29) is 44.4 Å². The van der Waals surface area contributed by atoms with Gasteiger partial charge in [0.05, 0.1) is 0 Å². The van der Waals surface area contributed by atoms with Gasteiger partial charge in [0, 0.05) is 22.8 Å². The Morgan fingerprint density at radius 3 is 0.947 bits per heavy atom. The molecule has 0 bridgehead atoms. The second-order valence-electron chi connectivity index (χ2n) is 5.05. The van der Waals surface area contributed by atoms with E-state index < -0.39 is 22.8 Å². The molecule has 0 aromatic rings. The molecule has 0 aliphatic rings. The molecule has 0 amide bonds. The van der Waals surface area contributed by atoms with E-state index in [0.717, 1.165) is 0 Å². The van der Waals surface area contributed by atoms with Gasteiger partial charge in [-0.3, -0.25) is 0 Å². The molecular formula is C14H30NaO4-. The van der Waals surface area contributed by atoms with Crippen molar-refractivity contribution in [2.24, 2.45) is 10.8 Å². The van der Waals surface area contributed by atoms with E-state index in [0.29, 0.717) is 12.8 Å². The fourth-order valence-electron chi connectivity index (χ4n) is 0.289. The fraction of sp³-hybridized carbons (Fsp3) is 0.857. The minimum atomic E-state index is -0.972. The summed E-state index contributed by atoms with van der Waals surface area (Å²) >= 11 is 0. The molecule has 0 heterocycles. The zero-order chi connectivity index (χ0) is 13.6. The van der Waals surface area contributed by atoms with Gasteiger partial charge < -0.3 is 19.8 Å². The number of carboxylic acids is 2. The van der Waals surface area contributed by atoms with Crippen molar-refractivity contribution < 1.29 is 49.4 Å². The fourth-order valence-corrected chi connectivity index (χ4v) is 0.289. The summed E-state index contributed by atoms with van der Waals surface area (Å²) in [6.07, 6.45) is 1.24. The van der Waals surface area contributed by atoms with Gasteiger partial charge in [-0.05, 0) is 12.8 Å². The second kappa shape index (κ2) is 12.9. The van der Waals surface area contributed by atoms with Crippen LogP contribution in [-0.2, 0) is 9.59 Å². The summed E-state index contributed by atoms with van der Waals surface area (Å²) in [5.74, 6) is -1.94. The maximum atomic E-state index is 10.1.